The molecule has 0 radical (unpaired) electrons. The zero-order chi connectivity index (χ0) is 25.6. The monoisotopic (exact) mass is 536 g/mol. The third kappa shape index (κ3) is 7.57. The first-order valence-electron chi connectivity index (χ1n) is 10.4. The molecule has 2 heterocycles. The molecule has 3 rings (SSSR count). The van der Waals surface area contributed by atoms with E-state index in [4.69, 9.17) is 9.47 Å². The average molecular weight is 537 g/mol. The van der Waals surface area contributed by atoms with Crippen molar-refractivity contribution in [3.8, 4) is 0 Å². The van der Waals surface area contributed by atoms with Gasteiger partial charge >= 0.3 is 12.1 Å². The molecule has 0 amide bonds. The topological polar surface area (TPSA) is 135 Å². The predicted molar refractivity (Wildman–Crippen MR) is 122 cm³/mol. The predicted octanol–water partition coefficient (Wildman–Crippen LogP) is 3.83. The Morgan fingerprint density at radius 3 is 2.71 bits per heavy atom. The molecule has 16 heteroatoms. The number of ether oxygens (including phenoxy) is 2. The number of fused-ring (bicyclic) bond motifs is 1. The first kappa shape index (κ1) is 26.7. The number of aryl methyl sites for hydroxylation is 1. The van der Waals surface area contributed by atoms with Crippen LogP contribution in [-0.2, 0) is 25.9 Å². The molecule has 1 aliphatic rings. The molecule has 0 spiro atoms. The molecule has 1 N–H and O–H groups in total. The fourth-order valence-corrected chi connectivity index (χ4v) is 4.88. The van der Waals surface area contributed by atoms with Gasteiger partial charge in [-0.05, 0) is 37.5 Å². The summed E-state index contributed by atoms with van der Waals surface area (Å²) in [7, 11) is -3.31. The van der Waals surface area contributed by atoms with Gasteiger partial charge in [-0.1, -0.05) is 11.3 Å². The molecule has 2 aromatic rings. The van der Waals surface area contributed by atoms with E-state index in [1.165, 1.54) is 13.2 Å². The molecule has 1 aromatic heterocycles. The number of aromatic nitrogens is 2. The fraction of sp³-hybridized carbons (Fsp3) is 0.526. The van der Waals surface area contributed by atoms with Crippen LogP contribution in [0.3, 0.4) is 0 Å². The maximum Gasteiger partial charge on any atom is 0.404 e. The minimum absolute atomic E-state index is 0.00636. The molecule has 0 unspecified atom stereocenters. The van der Waals surface area contributed by atoms with Crippen LogP contribution in [0.2, 0.25) is 0 Å². The molecule has 0 aliphatic carbocycles. The Hall–Kier alpha value is -2.85. The van der Waals surface area contributed by atoms with Crippen molar-refractivity contribution in [2.45, 2.75) is 25.9 Å². The number of rotatable bonds is 10. The fourth-order valence-electron chi connectivity index (χ4n) is 3.32. The smallest absolute Gasteiger partial charge is 0.404 e. The summed E-state index contributed by atoms with van der Waals surface area (Å²) in [6.45, 7) is 3.52. The molecule has 0 bridgehead atoms. The molecule has 1 aliphatic heterocycles. The van der Waals surface area contributed by atoms with Crippen molar-refractivity contribution in [2.75, 3.05) is 48.8 Å². The number of azo groups is 1. The number of benzene rings is 1. The number of hydrogen-bond acceptors (Lipinski definition) is 11. The van der Waals surface area contributed by atoms with Gasteiger partial charge in [-0.15, -0.1) is 20.4 Å². The summed E-state index contributed by atoms with van der Waals surface area (Å²) in [5.41, 5.74) is 1.41. The van der Waals surface area contributed by atoms with Crippen molar-refractivity contribution in [2.24, 2.45) is 10.2 Å². The van der Waals surface area contributed by atoms with Gasteiger partial charge < -0.3 is 14.4 Å². The average Bonchev–Trinajstić information content (AvgIpc) is 3.24. The number of hydrogen-bond donors (Lipinski definition) is 1. The van der Waals surface area contributed by atoms with Crippen LogP contribution >= 0.6 is 11.3 Å². The van der Waals surface area contributed by atoms with Gasteiger partial charge in [-0.3, -0.25) is 4.72 Å². The highest BCUT2D eigenvalue weighted by atomic mass is 32.2. The summed E-state index contributed by atoms with van der Waals surface area (Å²) in [5.74, 6) is -2.77. The maximum absolute atomic E-state index is 12.8. The van der Waals surface area contributed by atoms with E-state index in [-0.39, 0.29) is 34.7 Å². The van der Waals surface area contributed by atoms with E-state index in [0.29, 0.717) is 18.7 Å². The van der Waals surface area contributed by atoms with Crippen LogP contribution in [0, 0.1) is 0 Å². The van der Waals surface area contributed by atoms with E-state index in [9.17, 15) is 26.4 Å². The van der Waals surface area contributed by atoms with Crippen molar-refractivity contribution >= 4 is 49.5 Å². The van der Waals surface area contributed by atoms with Crippen LogP contribution in [0.15, 0.2) is 22.4 Å². The second-order valence-corrected chi connectivity index (χ2v) is 10.1. The van der Waals surface area contributed by atoms with Crippen LogP contribution in [0.25, 0.3) is 0 Å². The van der Waals surface area contributed by atoms with Gasteiger partial charge in [0, 0.05) is 25.9 Å². The van der Waals surface area contributed by atoms with Crippen LogP contribution in [0.1, 0.15) is 28.7 Å². The lowest BCUT2D eigenvalue weighted by Gasteiger charge is -2.31. The van der Waals surface area contributed by atoms with Gasteiger partial charge in [0.05, 0.1) is 12.3 Å². The van der Waals surface area contributed by atoms with E-state index in [0.717, 1.165) is 29.9 Å². The quantitative estimate of drug-likeness (QED) is 0.275. The van der Waals surface area contributed by atoms with Crippen molar-refractivity contribution < 1.29 is 35.9 Å². The number of anilines is 2. The van der Waals surface area contributed by atoms with Crippen molar-refractivity contribution in [3.05, 3.63) is 22.7 Å². The molecule has 0 saturated carbocycles. The summed E-state index contributed by atoms with van der Waals surface area (Å²) in [4.78, 5) is 13.9. The van der Waals surface area contributed by atoms with Gasteiger partial charge in [-0.2, -0.15) is 13.2 Å². The molecule has 0 fully saturated rings. The second-order valence-electron chi connectivity index (χ2n) is 7.38. The molecule has 35 heavy (non-hydrogen) atoms. The second kappa shape index (κ2) is 11.3. The van der Waals surface area contributed by atoms with Crippen LogP contribution < -0.4 is 9.62 Å². The van der Waals surface area contributed by atoms with Crippen molar-refractivity contribution in [3.63, 3.8) is 0 Å². The van der Waals surface area contributed by atoms with Gasteiger partial charge in [0.15, 0.2) is 5.75 Å². The number of sulfonamides is 1. The Balaban J connectivity index is 1.90. The highest BCUT2D eigenvalue weighted by Gasteiger charge is 2.35. The number of methoxy groups -OCH3 is 1. The highest BCUT2D eigenvalue weighted by Crippen LogP contribution is 2.38. The van der Waals surface area contributed by atoms with Gasteiger partial charge in [0.1, 0.15) is 12.3 Å². The lowest BCUT2D eigenvalue weighted by molar-refractivity contribution is -0.106. The minimum Gasteiger partial charge on any atom is -0.458 e. The molecular weight excluding hydrogens is 513 g/mol. The molecular formula is C19H23F3N6O5S2. The van der Waals surface area contributed by atoms with Crippen LogP contribution in [0.5, 0.6) is 0 Å². The summed E-state index contributed by atoms with van der Waals surface area (Å²) < 4.78 is 74.3. The van der Waals surface area contributed by atoms with Gasteiger partial charge in [0.25, 0.3) is 5.13 Å². The highest BCUT2D eigenvalue weighted by molar-refractivity contribution is 7.92. The third-order valence-corrected chi connectivity index (χ3v) is 6.79. The SMILES string of the molecule is CCN1CCCc2cc(N=Nc3nnc(C(=O)OCCOC)s3)c(NS(=O)(=O)CC(F)(F)F)cc21. The van der Waals surface area contributed by atoms with Crippen LogP contribution in [-0.4, -0.2) is 69.9 Å². The molecule has 1 aromatic carbocycles. The molecule has 192 valence electrons. The minimum atomic E-state index is -4.92. The Bertz CT molecular complexity index is 1190. The van der Waals surface area contributed by atoms with E-state index in [1.54, 1.807) is 6.07 Å². The number of nitrogens with zero attached hydrogens (tertiary/aromatic N) is 5. The first-order valence-corrected chi connectivity index (χ1v) is 12.9. The normalized spacial score (nSPS) is 14.3. The number of halogens is 3. The molecule has 0 saturated heterocycles. The van der Waals surface area contributed by atoms with Gasteiger partial charge in [0.2, 0.25) is 15.0 Å². The largest absolute Gasteiger partial charge is 0.458 e. The number of carbonyl (C=O) groups excluding carboxylic acids is 1. The molecule has 0 atom stereocenters. The van der Waals surface area contributed by atoms with E-state index in [1.807, 2.05) is 16.5 Å². The number of nitrogens with one attached hydrogen (secondary N) is 1. The lowest BCUT2D eigenvalue weighted by Crippen LogP contribution is -2.30. The number of esters is 1. The Kier molecular flexibility index (Phi) is 8.60. The summed E-state index contributed by atoms with van der Waals surface area (Å²) >= 11 is 0.784. The zero-order valence-electron chi connectivity index (χ0n) is 18.8. The van der Waals surface area contributed by atoms with E-state index < -0.39 is 27.9 Å². The van der Waals surface area contributed by atoms with Crippen molar-refractivity contribution in [1.82, 2.24) is 10.2 Å². The first-order chi connectivity index (χ1) is 16.5. The summed E-state index contributed by atoms with van der Waals surface area (Å²) in [5, 5.41) is 15.2. The number of alkyl halides is 3. The van der Waals surface area contributed by atoms with E-state index >= 15 is 0 Å². The van der Waals surface area contributed by atoms with Gasteiger partial charge in [-0.25, -0.2) is 13.2 Å². The molecule has 11 nitrogen and oxygen atoms in total. The van der Waals surface area contributed by atoms with Crippen molar-refractivity contribution in [1.29, 1.82) is 0 Å². The third-order valence-electron chi connectivity index (χ3n) is 4.77. The lowest BCUT2D eigenvalue weighted by atomic mass is 10.0. The standard InChI is InChI=1S/C19H23F3N6O5S2/c1-3-28-6-4-5-12-9-13(14(10-15(12)28)27-35(30,31)11-19(20,21)22)23-25-18-26-24-16(34-18)17(29)33-8-7-32-2/h9-10,27H,3-8,11H2,1-2H3. The Morgan fingerprint density at radius 2 is 2.03 bits per heavy atom. The van der Waals surface area contributed by atoms with Crippen LogP contribution in [0.4, 0.5) is 35.4 Å². The Morgan fingerprint density at radius 1 is 1.26 bits per heavy atom. The van der Waals surface area contributed by atoms with E-state index in [2.05, 4.69) is 20.4 Å². The maximum atomic E-state index is 12.8. The zero-order valence-corrected chi connectivity index (χ0v) is 20.5. The summed E-state index contributed by atoms with van der Waals surface area (Å²) in [6.07, 6.45) is -3.39. The number of carbonyl (C=O) groups is 1. The Labute approximate surface area is 203 Å². The summed E-state index contributed by atoms with van der Waals surface area (Å²) in [6, 6.07) is 3.03.